The molecule has 0 fully saturated rings. The van der Waals surface area contributed by atoms with Crippen LogP contribution in [0, 0.1) is 0 Å². The summed E-state index contributed by atoms with van der Waals surface area (Å²) in [5, 5.41) is 16.5. The second kappa shape index (κ2) is 19.9. The van der Waals surface area contributed by atoms with Gasteiger partial charge in [-0.1, -0.05) is 36.4 Å². The second-order valence-corrected chi connectivity index (χ2v) is 11.2. The predicted molar refractivity (Wildman–Crippen MR) is 192 cm³/mol. The highest BCUT2D eigenvalue weighted by atomic mass is 32.3. The molecule has 0 unspecified atom stereocenters. The topological polar surface area (TPSA) is 331 Å². The average molecular weight is 731 g/mol. The molecule has 20 nitrogen and oxygen atoms in total. The molecule has 0 aliphatic rings. The van der Waals surface area contributed by atoms with E-state index in [9.17, 15) is 19.2 Å². The summed E-state index contributed by atoms with van der Waals surface area (Å²) in [5.41, 5.74) is 21.7. The molecule has 276 valence electrons. The second-order valence-electron chi connectivity index (χ2n) is 10.3. The van der Waals surface area contributed by atoms with Gasteiger partial charge in [-0.2, -0.15) is 18.6 Å². The van der Waals surface area contributed by atoms with Crippen molar-refractivity contribution in [1.29, 1.82) is 0 Å². The number of carbonyl (C=O) groups is 2. The maximum atomic E-state index is 12.2. The van der Waals surface area contributed by atoms with Gasteiger partial charge in [0.15, 0.2) is 11.9 Å². The van der Waals surface area contributed by atoms with Crippen molar-refractivity contribution in [2.45, 2.75) is 39.8 Å². The molecule has 0 saturated carbocycles. The van der Waals surface area contributed by atoms with Gasteiger partial charge >= 0.3 is 10.4 Å². The van der Waals surface area contributed by atoms with Crippen molar-refractivity contribution in [2.75, 3.05) is 26.2 Å². The van der Waals surface area contributed by atoms with Crippen LogP contribution in [-0.2, 0) is 45.9 Å². The third-order valence-electron chi connectivity index (χ3n) is 6.60. The standard InChI is InChI=1S/2C15H20N6O2.H2O4S/c2*1-2-21-14(23)11-6-4-3-5-10(11)12(20-21)9-13(22)18-7-8-19-15(16)17;1-5(2,3)4/h2*3-6H,2,7-9H2,1H3,(H,18,22)(H4,16,17,19);(H2,1,2,3,4). The van der Waals surface area contributed by atoms with Crippen LogP contribution in [0.4, 0.5) is 0 Å². The van der Waals surface area contributed by atoms with E-state index in [1.807, 2.05) is 26.0 Å². The average Bonchev–Trinajstić information content (AvgIpc) is 3.07. The first-order chi connectivity index (χ1) is 24.0. The number of carbonyl (C=O) groups excluding carboxylic acids is 2. The summed E-state index contributed by atoms with van der Waals surface area (Å²) in [6, 6.07) is 14.3. The van der Waals surface area contributed by atoms with Crippen LogP contribution in [0.1, 0.15) is 25.2 Å². The molecule has 4 aromatic rings. The highest BCUT2D eigenvalue weighted by Crippen LogP contribution is 2.15. The summed E-state index contributed by atoms with van der Waals surface area (Å²) >= 11 is 0. The van der Waals surface area contributed by atoms with Gasteiger partial charge in [-0.05, 0) is 26.0 Å². The number of rotatable bonds is 12. The van der Waals surface area contributed by atoms with Crippen LogP contribution in [0.2, 0.25) is 0 Å². The van der Waals surface area contributed by atoms with Crippen LogP contribution in [0.3, 0.4) is 0 Å². The highest BCUT2D eigenvalue weighted by molar-refractivity contribution is 7.79. The highest BCUT2D eigenvalue weighted by Gasteiger charge is 2.14. The molecule has 2 aromatic carbocycles. The Balaban J connectivity index is 0.000000312. The molecule has 2 amide bonds. The van der Waals surface area contributed by atoms with Crippen LogP contribution < -0.4 is 44.7 Å². The number of benzene rings is 2. The first-order valence-electron chi connectivity index (χ1n) is 15.4. The van der Waals surface area contributed by atoms with Crippen LogP contribution in [0.5, 0.6) is 0 Å². The quantitative estimate of drug-likeness (QED) is 0.0340. The predicted octanol–water partition coefficient (Wildman–Crippen LogP) is -1.96. The van der Waals surface area contributed by atoms with Gasteiger partial charge in [0.25, 0.3) is 11.1 Å². The van der Waals surface area contributed by atoms with Crippen molar-refractivity contribution in [3.63, 3.8) is 0 Å². The number of aromatic nitrogens is 4. The zero-order chi connectivity index (χ0) is 38.1. The summed E-state index contributed by atoms with van der Waals surface area (Å²) < 4.78 is 34.3. The number of nitrogens with one attached hydrogen (secondary N) is 2. The number of hydrogen-bond donors (Lipinski definition) is 8. The lowest BCUT2D eigenvalue weighted by atomic mass is 10.1. The lowest BCUT2D eigenvalue weighted by molar-refractivity contribution is -0.121. The van der Waals surface area contributed by atoms with Gasteiger partial charge in [0.05, 0.1) is 48.1 Å². The summed E-state index contributed by atoms with van der Waals surface area (Å²) in [6.45, 7) is 5.87. The molecule has 0 atom stereocenters. The van der Waals surface area contributed by atoms with Gasteiger partial charge in [-0.3, -0.25) is 38.3 Å². The number of aryl methyl sites for hydroxylation is 2. The third-order valence-corrected chi connectivity index (χ3v) is 6.60. The number of hydrogen-bond acceptors (Lipinski definition) is 10. The van der Waals surface area contributed by atoms with Crippen molar-refractivity contribution in [3.05, 3.63) is 80.6 Å². The Morgan fingerprint density at radius 2 is 1.00 bits per heavy atom. The Hall–Kier alpha value is -5.93. The molecule has 0 aliphatic heterocycles. The summed E-state index contributed by atoms with van der Waals surface area (Å²) in [5.74, 6) is -0.423. The molecule has 2 heterocycles. The van der Waals surface area contributed by atoms with E-state index in [-0.39, 0.29) is 47.7 Å². The molecule has 0 spiro atoms. The maximum Gasteiger partial charge on any atom is 0.394 e. The van der Waals surface area contributed by atoms with Crippen molar-refractivity contribution in [2.24, 2.45) is 32.9 Å². The summed E-state index contributed by atoms with van der Waals surface area (Å²) in [6.07, 6.45) is 0.172. The van der Waals surface area contributed by atoms with Gasteiger partial charge in [0.1, 0.15) is 0 Å². The molecular weight excluding hydrogens is 688 g/mol. The molecular formula is C30H42N12O8S. The number of guanidine groups is 2. The molecule has 0 aliphatic carbocycles. The normalized spacial score (nSPS) is 10.6. The lowest BCUT2D eigenvalue weighted by Gasteiger charge is -2.09. The van der Waals surface area contributed by atoms with E-state index in [1.165, 1.54) is 9.36 Å². The molecule has 12 N–H and O–H groups in total. The Morgan fingerprint density at radius 1 is 0.686 bits per heavy atom. The molecule has 4 rings (SSSR count). The van der Waals surface area contributed by atoms with Crippen molar-refractivity contribution in [1.82, 2.24) is 30.2 Å². The number of nitrogens with zero attached hydrogens (tertiary/aromatic N) is 6. The minimum atomic E-state index is -4.67. The van der Waals surface area contributed by atoms with Gasteiger partial charge in [0.2, 0.25) is 11.8 Å². The first kappa shape index (κ1) is 41.2. The van der Waals surface area contributed by atoms with Gasteiger partial charge in [0, 0.05) is 37.0 Å². The number of aliphatic imine (C=N–C) groups is 2. The van der Waals surface area contributed by atoms with E-state index in [0.717, 1.165) is 0 Å². The van der Waals surface area contributed by atoms with Gasteiger partial charge in [-0.15, -0.1) is 0 Å². The molecule has 0 radical (unpaired) electrons. The zero-order valence-corrected chi connectivity index (χ0v) is 28.8. The van der Waals surface area contributed by atoms with Crippen molar-refractivity contribution in [3.8, 4) is 0 Å². The molecule has 21 heteroatoms. The number of amides is 2. The van der Waals surface area contributed by atoms with E-state index in [1.54, 1.807) is 36.4 Å². The van der Waals surface area contributed by atoms with E-state index in [4.69, 9.17) is 40.5 Å². The Morgan fingerprint density at radius 3 is 1.29 bits per heavy atom. The Bertz CT molecular complexity index is 1960. The molecule has 2 aromatic heterocycles. The van der Waals surface area contributed by atoms with Gasteiger partial charge < -0.3 is 33.6 Å². The van der Waals surface area contributed by atoms with Crippen molar-refractivity contribution < 1.29 is 27.1 Å². The minimum absolute atomic E-state index is 0.0121. The van der Waals surface area contributed by atoms with E-state index in [2.05, 4.69) is 30.8 Å². The Labute approximate surface area is 292 Å². The fourth-order valence-corrected chi connectivity index (χ4v) is 4.49. The molecule has 0 saturated heterocycles. The monoisotopic (exact) mass is 730 g/mol. The fraction of sp³-hybridized carbons (Fsp3) is 0.333. The van der Waals surface area contributed by atoms with E-state index >= 15 is 0 Å². The van der Waals surface area contributed by atoms with Crippen molar-refractivity contribution >= 4 is 55.7 Å². The Kier molecular flexibility index (Phi) is 16.1. The molecule has 0 bridgehead atoms. The summed E-state index contributed by atoms with van der Waals surface area (Å²) in [7, 11) is -4.67. The van der Waals surface area contributed by atoms with Crippen LogP contribution >= 0.6 is 0 Å². The van der Waals surface area contributed by atoms with Crippen LogP contribution in [0.15, 0.2) is 68.1 Å². The molecule has 51 heavy (non-hydrogen) atoms. The SMILES string of the molecule is CCn1nc(CC(=O)NCCN=C(N)N)c2ccccc2c1=O.CCn1nc(CC(=O)NCCN=C(N)N)c2ccccc2c1=O.O=S(=O)(O)O. The number of nitrogens with two attached hydrogens (primary N) is 4. The largest absolute Gasteiger partial charge is 0.394 e. The van der Waals surface area contributed by atoms with Gasteiger partial charge in [-0.25, -0.2) is 9.36 Å². The third kappa shape index (κ3) is 14.2. The van der Waals surface area contributed by atoms with Crippen LogP contribution in [-0.4, -0.2) is 87.0 Å². The zero-order valence-electron chi connectivity index (χ0n) is 28.0. The minimum Gasteiger partial charge on any atom is -0.370 e. The maximum absolute atomic E-state index is 12.2. The van der Waals surface area contributed by atoms with E-state index < -0.39 is 10.4 Å². The first-order valence-corrected chi connectivity index (χ1v) is 16.8. The smallest absolute Gasteiger partial charge is 0.370 e. The fourth-order valence-electron chi connectivity index (χ4n) is 4.49. The number of fused-ring (bicyclic) bond motifs is 2. The lowest BCUT2D eigenvalue weighted by Crippen LogP contribution is -2.31. The summed E-state index contributed by atoms with van der Waals surface area (Å²) in [4.78, 5) is 56.1. The van der Waals surface area contributed by atoms with Crippen LogP contribution in [0.25, 0.3) is 21.5 Å². The van der Waals surface area contributed by atoms with E-state index in [0.29, 0.717) is 72.2 Å².